The summed E-state index contributed by atoms with van der Waals surface area (Å²) >= 11 is 0. The Kier molecular flexibility index (Phi) is 6.12. The van der Waals surface area contributed by atoms with E-state index < -0.39 is 5.54 Å². The molecule has 0 radical (unpaired) electrons. The van der Waals surface area contributed by atoms with Crippen LogP contribution < -0.4 is 16.0 Å². The standard InChI is InChI=1S/C13H25N3O2/c1-3-8-14-11(17)6-10-15-12(18)13(4-2)7-5-9-16-13/h16H,3-10H2,1-2H3,(H,14,17)(H,15,18). The summed E-state index contributed by atoms with van der Waals surface area (Å²) in [5, 5.41) is 8.93. The van der Waals surface area contributed by atoms with E-state index in [0.29, 0.717) is 19.5 Å². The van der Waals surface area contributed by atoms with Crippen molar-refractivity contribution < 1.29 is 9.59 Å². The van der Waals surface area contributed by atoms with Crippen molar-refractivity contribution in [2.75, 3.05) is 19.6 Å². The summed E-state index contributed by atoms with van der Waals surface area (Å²) in [6.45, 7) is 6.05. The summed E-state index contributed by atoms with van der Waals surface area (Å²) in [6.07, 6.45) is 4.00. The lowest BCUT2D eigenvalue weighted by atomic mass is 9.93. The number of rotatable bonds is 7. The van der Waals surface area contributed by atoms with Crippen molar-refractivity contribution in [3.05, 3.63) is 0 Å². The first-order valence-electron chi connectivity index (χ1n) is 6.94. The molecule has 1 aliphatic rings. The average molecular weight is 255 g/mol. The highest BCUT2D eigenvalue weighted by Crippen LogP contribution is 2.22. The number of carbonyl (C=O) groups excluding carboxylic acids is 2. The van der Waals surface area contributed by atoms with Gasteiger partial charge in [0, 0.05) is 19.5 Å². The Bertz CT molecular complexity index is 286. The first kappa shape index (κ1) is 15.0. The zero-order valence-electron chi connectivity index (χ0n) is 11.5. The third kappa shape index (κ3) is 3.98. The van der Waals surface area contributed by atoms with Crippen LogP contribution in [-0.4, -0.2) is 37.0 Å². The van der Waals surface area contributed by atoms with Gasteiger partial charge in [-0.05, 0) is 32.2 Å². The number of carbonyl (C=O) groups is 2. The van der Waals surface area contributed by atoms with Crippen LogP contribution in [0.5, 0.6) is 0 Å². The minimum Gasteiger partial charge on any atom is -0.356 e. The molecule has 1 aliphatic heterocycles. The van der Waals surface area contributed by atoms with Crippen LogP contribution in [0.3, 0.4) is 0 Å². The molecule has 0 aromatic heterocycles. The average Bonchev–Trinajstić information content (AvgIpc) is 2.86. The topological polar surface area (TPSA) is 70.2 Å². The van der Waals surface area contributed by atoms with Crippen molar-refractivity contribution in [1.29, 1.82) is 0 Å². The lowest BCUT2D eigenvalue weighted by Crippen LogP contribution is -2.53. The fraction of sp³-hybridized carbons (Fsp3) is 0.846. The van der Waals surface area contributed by atoms with Crippen LogP contribution in [0.2, 0.25) is 0 Å². The van der Waals surface area contributed by atoms with Gasteiger partial charge < -0.3 is 16.0 Å². The number of amides is 2. The minimum atomic E-state index is -0.403. The molecule has 5 heteroatoms. The minimum absolute atomic E-state index is 0.00193. The van der Waals surface area contributed by atoms with Crippen LogP contribution in [-0.2, 0) is 9.59 Å². The van der Waals surface area contributed by atoms with E-state index in [9.17, 15) is 9.59 Å². The van der Waals surface area contributed by atoms with Crippen molar-refractivity contribution in [1.82, 2.24) is 16.0 Å². The van der Waals surface area contributed by atoms with Gasteiger partial charge in [-0.25, -0.2) is 0 Å². The molecule has 0 aromatic carbocycles. The van der Waals surface area contributed by atoms with Crippen molar-refractivity contribution in [2.45, 2.75) is 51.5 Å². The maximum atomic E-state index is 12.1. The molecule has 0 bridgehead atoms. The first-order chi connectivity index (χ1) is 8.64. The van der Waals surface area contributed by atoms with Gasteiger partial charge in [0.2, 0.25) is 11.8 Å². The van der Waals surface area contributed by atoms with Gasteiger partial charge in [0.25, 0.3) is 0 Å². The Morgan fingerprint density at radius 3 is 2.56 bits per heavy atom. The Labute approximate surface area is 109 Å². The van der Waals surface area contributed by atoms with Crippen LogP contribution >= 0.6 is 0 Å². The molecule has 0 saturated carbocycles. The highest BCUT2D eigenvalue weighted by atomic mass is 16.2. The molecular weight excluding hydrogens is 230 g/mol. The maximum absolute atomic E-state index is 12.1. The summed E-state index contributed by atoms with van der Waals surface area (Å²) < 4.78 is 0. The molecule has 1 heterocycles. The van der Waals surface area contributed by atoms with Gasteiger partial charge >= 0.3 is 0 Å². The van der Waals surface area contributed by atoms with E-state index in [1.807, 2.05) is 13.8 Å². The molecule has 0 aliphatic carbocycles. The maximum Gasteiger partial charge on any atom is 0.240 e. The van der Waals surface area contributed by atoms with Crippen molar-refractivity contribution in [3.63, 3.8) is 0 Å². The lowest BCUT2D eigenvalue weighted by molar-refractivity contribution is -0.127. The SMILES string of the molecule is CCCNC(=O)CCNC(=O)C1(CC)CCCN1. The Hall–Kier alpha value is -1.10. The largest absolute Gasteiger partial charge is 0.356 e. The van der Waals surface area contributed by atoms with E-state index >= 15 is 0 Å². The van der Waals surface area contributed by atoms with E-state index in [1.165, 1.54) is 0 Å². The molecule has 18 heavy (non-hydrogen) atoms. The third-order valence-electron chi connectivity index (χ3n) is 3.49. The third-order valence-corrected chi connectivity index (χ3v) is 3.49. The van der Waals surface area contributed by atoms with Gasteiger partial charge in [-0.2, -0.15) is 0 Å². The predicted molar refractivity (Wildman–Crippen MR) is 71.2 cm³/mol. The molecule has 5 nitrogen and oxygen atoms in total. The Balaban J connectivity index is 2.26. The van der Waals surface area contributed by atoms with E-state index in [-0.39, 0.29) is 11.8 Å². The van der Waals surface area contributed by atoms with Crippen molar-refractivity contribution in [2.24, 2.45) is 0 Å². The van der Waals surface area contributed by atoms with Gasteiger partial charge in [-0.3, -0.25) is 9.59 Å². The Morgan fingerprint density at radius 1 is 1.22 bits per heavy atom. The van der Waals surface area contributed by atoms with Gasteiger partial charge in [0.15, 0.2) is 0 Å². The predicted octanol–water partition coefficient (Wildman–Crippen LogP) is 0.551. The van der Waals surface area contributed by atoms with Crippen LogP contribution in [0.15, 0.2) is 0 Å². The van der Waals surface area contributed by atoms with Gasteiger partial charge in [-0.15, -0.1) is 0 Å². The molecule has 104 valence electrons. The second-order valence-electron chi connectivity index (χ2n) is 4.82. The fourth-order valence-electron chi connectivity index (χ4n) is 2.27. The monoisotopic (exact) mass is 255 g/mol. The summed E-state index contributed by atoms with van der Waals surface area (Å²) in [5.41, 5.74) is -0.403. The van der Waals surface area contributed by atoms with E-state index in [4.69, 9.17) is 0 Å². The van der Waals surface area contributed by atoms with Crippen molar-refractivity contribution >= 4 is 11.8 Å². The highest BCUT2D eigenvalue weighted by molar-refractivity contribution is 5.87. The van der Waals surface area contributed by atoms with Gasteiger partial charge in [0.05, 0.1) is 5.54 Å². The van der Waals surface area contributed by atoms with E-state index in [2.05, 4.69) is 16.0 Å². The van der Waals surface area contributed by atoms with Crippen LogP contribution in [0.25, 0.3) is 0 Å². The van der Waals surface area contributed by atoms with Crippen molar-refractivity contribution in [3.8, 4) is 0 Å². The summed E-state index contributed by atoms with van der Waals surface area (Å²) in [4.78, 5) is 23.5. The van der Waals surface area contributed by atoms with Crippen LogP contribution in [0.1, 0.15) is 46.0 Å². The smallest absolute Gasteiger partial charge is 0.240 e. The molecular formula is C13H25N3O2. The zero-order valence-corrected chi connectivity index (χ0v) is 11.5. The molecule has 1 unspecified atom stereocenters. The normalized spacial score (nSPS) is 22.8. The Morgan fingerprint density at radius 2 is 2.00 bits per heavy atom. The molecule has 1 fully saturated rings. The van der Waals surface area contributed by atoms with Crippen LogP contribution in [0.4, 0.5) is 0 Å². The quantitative estimate of drug-likeness (QED) is 0.622. The number of hydrogen-bond donors (Lipinski definition) is 3. The van der Waals surface area contributed by atoms with Gasteiger partial charge in [0.1, 0.15) is 0 Å². The number of hydrogen-bond acceptors (Lipinski definition) is 3. The zero-order chi connectivity index (χ0) is 13.4. The number of nitrogens with one attached hydrogen (secondary N) is 3. The fourth-order valence-corrected chi connectivity index (χ4v) is 2.27. The molecule has 1 saturated heterocycles. The highest BCUT2D eigenvalue weighted by Gasteiger charge is 2.38. The summed E-state index contributed by atoms with van der Waals surface area (Å²) in [7, 11) is 0. The summed E-state index contributed by atoms with van der Waals surface area (Å²) in [5.74, 6) is 0.0351. The summed E-state index contributed by atoms with van der Waals surface area (Å²) in [6, 6.07) is 0. The second-order valence-corrected chi connectivity index (χ2v) is 4.82. The molecule has 1 rings (SSSR count). The van der Waals surface area contributed by atoms with E-state index in [1.54, 1.807) is 0 Å². The molecule has 1 atom stereocenters. The molecule has 2 amide bonds. The first-order valence-corrected chi connectivity index (χ1v) is 6.94. The lowest BCUT2D eigenvalue weighted by Gasteiger charge is -2.26. The molecule has 3 N–H and O–H groups in total. The molecule has 0 spiro atoms. The molecule has 0 aromatic rings. The van der Waals surface area contributed by atoms with Gasteiger partial charge in [-0.1, -0.05) is 13.8 Å². The van der Waals surface area contributed by atoms with E-state index in [0.717, 1.165) is 32.2 Å². The van der Waals surface area contributed by atoms with Crippen LogP contribution in [0, 0.1) is 0 Å². The second kappa shape index (κ2) is 7.36.